The molecule has 0 amide bonds. The van der Waals surface area contributed by atoms with Crippen LogP contribution in [0, 0.1) is 0 Å². The van der Waals surface area contributed by atoms with Gasteiger partial charge in [0, 0.05) is 25.5 Å². The zero-order valence-corrected chi connectivity index (χ0v) is 10.7. The number of nitrogens with zero attached hydrogens (tertiary/aromatic N) is 2. The summed E-state index contributed by atoms with van der Waals surface area (Å²) in [5.41, 5.74) is 0.807. The number of para-hydroxylation sites is 1. The summed E-state index contributed by atoms with van der Waals surface area (Å²) in [5.74, 6) is 0. The van der Waals surface area contributed by atoms with Gasteiger partial charge in [-0.25, -0.2) is 4.98 Å². The molecule has 0 spiro atoms. The lowest BCUT2D eigenvalue weighted by molar-refractivity contribution is 0.661. The summed E-state index contributed by atoms with van der Waals surface area (Å²) in [5, 5.41) is 4.55. The van der Waals surface area contributed by atoms with E-state index in [2.05, 4.69) is 10.3 Å². The van der Waals surface area contributed by atoms with Crippen molar-refractivity contribution < 1.29 is 0 Å². The van der Waals surface area contributed by atoms with Gasteiger partial charge < -0.3 is 9.88 Å². The summed E-state index contributed by atoms with van der Waals surface area (Å²) in [6.45, 7) is 1.75. The molecule has 0 aliphatic carbocycles. The number of anilines is 1. The molecule has 1 aromatic heterocycles. The molecule has 1 aromatic carbocycles. The Kier molecular flexibility index (Phi) is 4.29. The van der Waals surface area contributed by atoms with Crippen molar-refractivity contribution in [2.75, 3.05) is 11.9 Å². The van der Waals surface area contributed by atoms with Crippen LogP contribution in [-0.2, 0) is 6.54 Å². The molecule has 0 fully saturated rings. The number of imidazole rings is 1. The molecule has 17 heavy (non-hydrogen) atoms. The molecule has 0 aliphatic heterocycles. The zero-order chi connectivity index (χ0) is 12.1. The lowest BCUT2D eigenvalue weighted by Gasteiger charge is -2.10. The van der Waals surface area contributed by atoms with E-state index < -0.39 is 0 Å². The first-order chi connectivity index (χ1) is 8.27. The molecule has 0 radical (unpaired) electrons. The van der Waals surface area contributed by atoms with E-state index in [0.29, 0.717) is 10.0 Å². The van der Waals surface area contributed by atoms with Crippen LogP contribution in [0.25, 0.3) is 0 Å². The van der Waals surface area contributed by atoms with E-state index in [1.54, 1.807) is 6.20 Å². The zero-order valence-electron chi connectivity index (χ0n) is 9.24. The molecule has 90 valence electrons. The Labute approximate surface area is 110 Å². The van der Waals surface area contributed by atoms with Gasteiger partial charge in [-0.2, -0.15) is 0 Å². The van der Waals surface area contributed by atoms with E-state index in [9.17, 15) is 0 Å². The average molecular weight is 270 g/mol. The summed E-state index contributed by atoms with van der Waals surface area (Å²) in [4.78, 5) is 3.99. The third-order valence-corrected chi connectivity index (χ3v) is 3.05. The highest BCUT2D eigenvalue weighted by molar-refractivity contribution is 6.39. The fourth-order valence-corrected chi connectivity index (χ4v) is 2.09. The van der Waals surface area contributed by atoms with Crippen molar-refractivity contribution >= 4 is 28.9 Å². The number of hydrogen-bond donors (Lipinski definition) is 1. The lowest BCUT2D eigenvalue weighted by atomic mass is 10.3. The third kappa shape index (κ3) is 3.38. The highest BCUT2D eigenvalue weighted by Crippen LogP contribution is 2.29. The molecule has 0 unspecified atom stereocenters. The van der Waals surface area contributed by atoms with Crippen molar-refractivity contribution in [2.45, 2.75) is 13.0 Å². The quantitative estimate of drug-likeness (QED) is 0.840. The Balaban J connectivity index is 1.82. The van der Waals surface area contributed by atoms with E-state index >= 15 is 0 Å². The number of rotatable bonds is 5. The summed E-state index contributed by atoms with van der Waals surface area (Å²) in [7, 11) is 0. The highest BCUT2D eigenvalue weighted by Gasteiger charge is 2.03. The van der Waals surface area contributed by atoms with Crippen LogP contribution in [0.3, 0.4) is 0 Å². The first-order valence-corrected chi connectivity index (χ1v) is 6.16. The monoisotopic (exact) mass is 269 g/mol. The van der Waals surface area contributed by atoms with E-state index in [1.165, 1.54) is 0 Å². The van der Waals surface area contributed by atoms with Gasteiger partial charge in [0.25, 0.3) is 0 Å². The van der Waals surface area contributed by atoms with Crippen LogP contribution in [0.4, 0.5) is 5.69 Å². The van der Waals surface area contributed by atoms with Crippen molar-refractivity contribution in [3.8, 4) is 0 Å². The van der Waals surface area contributed by atoms with Crippen molar-refractivity contribution in [1.29, 1.82) is 0 Å². The maximum atomic E-state index is 6.05. The number of benzene rings is 1. The third-order valence-electron chi connectivity index (χ3n) is 2.42. The standard InChI is InChI=1S/C12H13Cl2N3/c13-10-3-1-4-11(14)12(10)16-5-2-7-17-8-6-15-9-17/h1,3-4,6,8-9,16H,2,5,7H2. The second-order valence-electron chi connectivity index (χ2n) is 3.68. The summed E-state index contributed by atoms with van der Waals surface area (Å²) in [6.07, 6.45) is 6.52. The van der Waals surface area contributed by atoms with Crippen LogP contribution in [0.15, 0.2) is 36.9 Å². The second-order valence-corrected chi connectivity index (χ2v) is 4.49. The van der Waals surface area contributed by atoms with Crippen molar-refractivity contribution in [3.05, 3.63) is 47.0 Å². The van der Waals surface area contributed by atoms with Gasteiger partial charge in [-0.3, -0.25) is 0 Å². The molecule has 2 rings (SSSR count). The number of hydrogen-bond acceptors (Lipinski definition) is 2. The number of aryl methyl sites for hydroxylation is 1. The Bertz CT molecular complexity index is 448. The molecule has 1 N–H and O–H groups in total. The van der Waals surface area contributed by atoms with Crippen LogP contribution >= 0.6 is 23.2 Å². The van der Waals surface area contributed by atoms with Crippen molar-refractivity contribution in [1.82, 2.24) is 9.55 Å². The SMILES string of the molecule is Clc1cccc(Cl)c1NCCCn1ccnc1. The molecule has 0 saturated heterocycles. The van der Waals surface area contributed by atoms with Crippen molar-refractivity contribution in [3.63, 3.8) is 0 Å². The Morgan fingerprint density at radius 2 is 2.00 bits per heavy atom. The molecule has 0 bridgehead atoms. The Morgan fingerprint density at radius 1 is 1.24 bits per heavy atom. The van der Waals surface area contributed by atoms with Gasteiger partial charge in [0.1, 0.15) is 0 Å². The van der Waals surface area contributed by atoms with Crippen molar-refractivity contribution in [2.24, 2.45) is 0 Å². The summed E-state index contributed by atoms with van der Waals surface area (Å²) < 4.78 is 2.04. The van der Waals surface area contributed by atoms with Gasteiger partial charge in [0.05, 0.1) is 22.1 Å². The topological polar surface area (TPSA) is 29.9 Å². The maximum absolute atomic E-state index is 6.05. The van der Waals surface area contributed by atoms with Gasteiger partial charge >= 0.3 is 0 Å². The molecule has 5 heteroatoms. The maximum Gasteiger partial charge on any atom is 0.0945 e. The fraction of sp³-hybridized carbons (Fsp3) is 0.250. The van der Waals surface area contributed by atoms with Gasteiger partial charge in [0.15, 0.2) is 0 Å². The van der Waals surface area contributed by atoms with Gasteiger partial charge in [-0.1, -0.05) is 29.3 Å². The lowest BCUT2D eigenvalue weighted by Crippen LogP contribution is -2.06. The molecule has 3 nitrogen and oxygen atoms in total. The van der Waals surface area contributed by atoms with Crippen LogP contribution in [0.1, 0.15) is 6.42 Å². The minimum atomic E-state index is 0.653. The molecule has 2 aromatic rings. The first kappa shape index (κ1) is 12.3. The number of aromatic nitrogens is 2. The van der Waals surface area contributed by atoms with E-state index in [-0.39, 0.29) is 0 Å². The minimum absolute atomic E-state index is 0.653. The van der Waals surface area contributed by atoms with Gasteiger partial charge in [-0.15, -0.1) is 0 Å². The molecular weight excluding hydrogens is 257 g/mol. The van der Waals surface area contributed by atoms with Crippen LogP contribution < -0.4 is 5.32 Å². The summed E-state index contributed by atoms with van der Waals surface area (Å²) in [6, 6.07) is 5.48. The van der Waals surface area contributed by atoms with Crippen LogP contribution in [0.2, 0.25) is 10.0 Å². The normalized spacial score (nSPS) is 10.5. The van der Waals surface area contributed by atoms with Crippen LogP contribution in [-0.4, -0.2) is 16.1 Å². The predicted octanol–water partition coefficient (Wildman–Crippen LogP) is 3.69. The molecule has 0 atom stereocenters. The first-order valence-electron chi connectivity index (χ1n) is 5.41. The van der Waals surface area contributed by atoms with Gasteiger partial charge in [0.2, 0.25) is 0 Å². The minimum Gasteiger partial charge on any atom is -0.383 e. The molecule has 0 aliphatic rings. The van der Waals surface area contributed by atoms with E-state index in [0.717, 1.165) is 25.2 Å². The van der Waals surface area contributed by atoms with E-state index in [1.807, 2.05) is 35.3 Å². The predicted molar refractivity (Wildman–Crippen MR) is 71.8 cm³/mol. The Morgan fingerprint density at radius 3 is 2.65 bits per heavy atom. The molecular formula is C12H13Cl2N3. The smallest absolute Gasteiger partial charge is 0.0945 e. The fourth-order valence-electron chi connectivity index (χ4n) is 1.56. The Hall–Kier alpha value is -1.19. The van der Waals surface area contributed by atoms with Crippen LogP contribution in [0.5, 0.6) is 0 Å². The molecule has 1 heterocycles. The number of nitrogens with one attached hydrogen (secondary N) is 1. The van der Waals surface area contributed by atoms with E-state index in [4.69, 9.17) is 23.2 Å². The number of halogens is 2. The largest absolute Gasteiger partial charge is 0.383 e. The van der Waals surface area contributed by atoms with Gasteiger partial charge in [-0.05, 0) is 18.6 Å². The molecule has 0 saturated carbocycles. The highest BCUT2D eigenvalue weighted by atomic mass is 35.5. The second kappa shape index (κ2) is 5.94. The summed E-state index contributed by atoms with van der Waals surface area (Å²) >= 11 is 12.1. The average Bonchev–Trinajstić information content (AvgIpc) is 2.80.